The van der Waals surface area contributed by atoms with E-state index in [1.807, 2.05) is 0 Å². The highest BCUT2D eigenvalue weighted by molar-refractivity contribution is 9.10. The Kier molecular flexibility index (Phi) is 5.18. The Morgan fingerprint density at radius 2 is 2.06 bits per heavy atom. The molecule has 0 radical (unpaired) electrons. The van der Waals surface area contributed by atoms with Gasteiger partial charge in [0, 0.05) is 43.2 Å². The van der Waals surface area contributed by atoms with Gasteiger partial charge in [-0.15, -0.1) is 0 Å². The molecule has 0 amide bonds. The van der Waals surface area contributed by atoms with Crippen LogP contribution in [0, 0.1) is 0 Å². The van der Waals surface area contributed by atoms with E-state index in [0.29, 0.717) is 6.04 Å². The predicted molar refractivity (Wildman–Crippen MR) is 79.9 cm³/mol. The van der Waals surface area contributed by atoms with Crippen LogP contribution in [0.15, 0.2) is 28.7 Å². The van der Waals surface area contributed by atoms with Gasteiger partial charge in [-0.05, 0) is 31.8 Å². The quantitative estimate of drug-likeness (QED) is 0.917. The zero-order chi connectivity index (χ0) is 13.0. The molecule has 4 heteroatoms. The lowest BCUT2D eigenvalue weighted by Gasteiger charge is -2.36. The van der Waals surface area contributed by atoms with Crippen molar-refractivity contribution in [3.05, 3.63) is 34.3 Å². The van der Waals surface area contributed by atoms with Gasteiger partial charge in [0.05, 0.1) is 0 Å². The van der Waals surface area contributed by atoms with E-state index < -0.39 is 0 Å². The normalized spacial score (nSPS) is 19.1. The summed E-state index contributed by atoms with van der Waals surface area (Å²) in [6.45, 7) is 5.52. The average Bonchev–Trinajstić information content (AvgIpc) is 2.37. The second kappa shape index (κ2) is 6.66. The number of nitrogens with zero attached hydrogens (tertiary/aromatic N) is 2. The monoisotopic (exact) mass is 311 g/mol. The van der Waals surface area contributed by atoms with Crippen molar-refractivity contribution in [2.75, 3.05) is 46.8 Å². The summed E-state index contributed by atoms with van der Waals surface area (Å²) in [5.74, 6) is 0. The summed E-state index contributed by atoms with van der Waals surface area (Å²) in [5, 5.41) is 3.42. The van der Waals surface area contributed by atoms with E-state index in [-0.39, 0.29) is 0 Å². The summed E-state index contributed by atoms with van der Waals surface area (Å²) < 4.78 is 1.17. The minimum absolute atomic E-state index is 0.486. The topological polar surface area (TPSA) is 18.5 Å². The first kappa shape index (κ1) is 14.0. The first-order valence-corrected chi connectivity index (χ1v) is 7.31. The molecule has 1 aromatic rings. The molecule has 1 N–H and O–H groups in total. The van der Waals surface area contributed by atoms with Crippen LogP contribution in [0.1, 0.15) is 11.6 Å². The van der Waals surface area contributed by atoms with E-state index in [1.54, 1.807) is 0 Å². The fourth-order valence-electron chi connectivity index (χ4n) is 2.49. The molecule has 1 saturated heterocycles. The highest BCUT2D eigenvalue weighted by atomic mass is 79.9. The number of benzene rings is 1. The van der Waals surface area contributed by atoms with Gasteiger partial charge < -0.3 is 10.2 Å². The second-order valence-electron chi connectivity index (χ2n) is 5.12. The molecule has 3 nitrogen and oxygen atoms in total. The zero-order valence-corrected chi connectivity index (χ0v) is 12.8. The molecule has 100 valence electrons. The Morgan fingerprint density at radius 1 is 1.33 bits per heavy atom. The maximum Gasteiger partial charge on any atom is 0.0476 e. The van der Waals surface area contributed by atoms with Gasteiger partial charge in [-0.3, -0.25) is 4.90 Å². The number of hydrogen-bond acceptors (Lipinski definition) is 3. The Bertz CT molecular complexity index is 375. The van der Waals surface area contributed by atoms with Gasteiger partial charge in [-0.2, -0.15) is 0 Å². The number of likely N-dealkylation sites (N-methyl/N-ethyl adjacent to an activating group) is 1. The van der Waals surface area contributed by atoms with Crippen molar-refractivity contribution in [2.24, 2.45) is 0 Å². The molecule has 1 atom stereocenters. The van der Waals surface area contributed by atoms with Crippen LogP contribution < -0.4 is 5.32 Å². The SMILES string of the molecule is CN(C)CC(c1cccc(Br)c1)N1CCNCC1. The molecule has 0 spiro atoms. The van der Waals surface area contributed by atoms with Crippen LogP contribution in [0.3, 0.4) is 0 Å². The van der Waals surface area contributed by atoms with Crippen LogP contribution in [0.25, 0.3) is 0 Å². The van der Waals surface area contributed by atoms with Gasteiger partial charge in [-0.1, -0.05) is 28.1 Å². The molecule has 1 unspecified atom stereocenters. The summed E-state index contributed by atoms with van der Waals surface area (Å²) in [7, 11) is 4.29. The van der Waals surface area contributed by atoms with Crippen molar-refractivity contribution < 1.29 is 0 Å². The molecule has 1 aliphatic heterocycles. The summed E-state index contributed by atoms with van der Waals surface area (Å²) >= 11 is 3.58. The summed E-state index contributed by atoms with van der Waals surface area (Å²) in [5.41, 5.74) is 1.40. The highest BCUT2D eigenvalue weighted by Crippen LogP contribution is 2.24. The molecule has 0 aromatic heterocycles. The third kappa shape index (κ3) is 3.79. The minimum Gasteiger partial charge on any atom is -0.314 e. The highest BCUT2D eigenvalue weighted by Gasteiger charge is 2.22. The molecular formula is C14H22BrN3. The van der Waals surface area contributed by atoms with Crippen LogP contribution in [0.5, 0.6) is 0 Å². The lowest BCUT2D eigenvalue weighted by atomic mass is 10.0. The van der Waals surface area contributed by atoms with E-state index in [0.717, 1.165) is 32.7 Å². The number of hydrogen-bond donors (Lipinski definition) is 1. The maximum atomic E-state index is 3.58. The Labute approximate surface area is 118 Å². The third-order valence-electron chi connectivity index (χ3n) is 3.36. The lowest BCUT2D eigenvalue weighted by Crippen LogP contribution is -2.47. The van der Waals surface area contributed by atoms with E-state index in [2.05, 4.69) is 69.4 Å². The molecule has 2 rings (SSSR count). The summed E-state index contributed by atoms with van der Waals surface area (Å²) in [4.78, 5) is 4.85. The molecule has 1 fully saturated rings. The second-order valence-corrected chi connectivity index (χ2v) is 6.03. The first-order chi connectivity index (χ1) is 8.66. The fourth-order valence-corrected chi connectivity index (χ4v) is 2.90. The Balaban J connectivity index is 2.18. The van der Waals surface area contributed by atoms with Crippen LogP contribution >= 0.6 is 15.9 Å². The van der Waals surface area contributed by atoms with Crippen LogP contribution in [0.2, 0.25) is 0 Å². The molecule has 0 bridgehead atoms. The molecule has 18 heavy (non-hydrogen) atoms. The smallest absolute Gasteiger partial charge is 0.0476 e. The third-order valence-corrected chi connectivity index (χ3v) is 3.86. The lowest BCUT2D eigenvalue weighted by molar-refractivity contribution is 0.144. The van der Waals surface area contributed by atoms with Crippen LogP contribution in [-0.4, -0.2) is 56.6 Å². The van der Waals surface area contributed by atoms with Crippen molar-refractivity contribution in [1.82, 2.24) is 15.1 Å². The zero-order valence-electron chi connectivity index (χ0n) is 11.2. The number of halogens is 1. The van der Waals surface area contributed by atoms with Crippen LogP contribution in [-0.2, 0) is 0 Å². The van der Waals surface area contributed by atoms with Gasteiger partial charge in [0.1, 0.15) is 0 Å². The van der Waals surface area contributed by atoms with Gasteiger partial charge >= 0.3 is 0 Å². The number of piperazine rings is 1. The standard InChI is InChI=1S/C14H22BrN3/c1-17(2)11-14(18-8-6-16-7-9-18)12-4-3-5-13(15)10-12/h3-5,10,14,16H,6-9,11H2,1-2H3. The van der Waals surface area contributed by atoms with Crippen molar-refractivity contribution in [2.45, 2.75) is 6.04 Å². The van der Waals surface area contributed by atoms with Gasteiger partial charge in [0.2, 0.25) is 0 Å². The largest absolute Gasteiger partial charge is 0.314 e. The minimum atomic E-state index is 0.486. The molecular weight excluding hydrogens is 290 g/mol. The van der Waals surface area contributed by atoms with Crippen molar-refractivity contribution in [3.8, 4) is 0 Å². The van der Waals surface area contributed by atoms with Gasteiger partial charge in [0.15, 0.2) is 0 Å². The van der Waals surface area contributed by atoms with E-state index in [1.165, 1.54) is 10.0 Å². The Hall–Kier alpha value is -0.420. The van der Waals surface area contributed by atoms with E-state index >= 15 is 0 Å². The van der Waals surface area contributed by atoms with E-state index in [9.17, 15) is 0 Å². The molecule has 1 aliphatic rings. The molecule has 1 heterocycles. The van der Waals surface area contributed by atoms with Crippen molar-refractivity contribution in [1.29, 1.82) is 0 Å². The predicted octanol–water partition coefficient (Wildman–Crippen LogP) is 1.96. The average molecular weight is 312 g/mol. The van der Waals surface area contributed by atoms with Crippen LogP contribution in [0.4, 0.5) is 0 Å². The summed E-state index contributed by atoms with van der Waals surface area (Å²) in [6, 6.07) is 9.19. The fraction of sp³-hybridized carbons (Fsp3) is 0.571. The number of rotatable bonds is 4. The summed E-state index contributed by atoms with van der Waals surface area (Å²) in [6.07, 6.45) is 0. The first-order valence-electron chi connectivity index (χ1n) is 6.52. The molecule has 0 aliphatic carbocycles. The number of nitrogens with one attached hydrogen (secondary N) is 1. The molecule has 1 aromatic carbocycles. The van der Waals surface area contributed by atoms with Crippen molar-refractivity contribution in [3.63, 3.8) is 0 Å². The van der Waals surface area contributed by atoms with Crippen molar-refractivity contribution >= 4 is 15.9 Å². The van der Waals surface area contributed by atoms with Gasteiger partial charge in [-0.25, -0.2) is 0 Å². The Morgan fingerprint density at radius 3 is 2.67 bits per heavy atom. The van der Waals surface area contributed by atoms with Gasteiger partial charge in [0.25, 0.3) is 0 Å². The van der Waals surface area contributed by atoms with E-state index in [4.69, 9.17) is 0 Å². The molecule has 0 saturated carbocycles. The maximum absolute atomic E-state index is 3.58.